The van der Waals surface area contributed by atoms with E-state index in [1.54, 1.807) is 0 Å². The molecule has 0 saturated carbocycles. The third-order valence-electron chi connectivity index (χ3n) is 14.5. The van der Waals surface area contributed by atoms with E-state index < -0.39 is 32.5 Å². The Hall–Kier alpha value is -4.37. The van der Waals surface area contributed by atoms with Crippen molar-refractivity contribution >= 4 is 19.8 Å². The van der Waals surface area contributed by atoms with Crippen LogP contribution in [0.1, 0.15) is 271 Å². The number of phosphoric ester groups is 1. The number of likely N-dealkylation sites (N-methyl/N-ethyl adjacent to an activating group) is 1. The topological polar surface area (TPSA) is 111 Å². The zero-order valence-electron chi connectivity index (χ0n) is 56.9. The maximum atomic E-state index is 12.9. The molecule has 0 aliphatic rings. The van der Waals surface area contributed by atoms with Gasteiger partial charge in [-0.2, -0.15) is 0 Å². The molecule has 2 unspecified atom stereocenters. The van der Waals surface area contributed by atoms with Crippen molar-refractivity contribution in [1.29, 1.82) is 0 Å². The van der Waals surface area contributed by atoms with Gasteiger partial charge in [-0.1, -0.05) is 287 Å². The van der Waals surface area contributed by atoms with E-state index in [-0.39, 0.29) is 26.1 Å². The van der Waals surface area contributed by atoms with Crippen LogP contribution in [0.5, 0.6) is 0 Å². The number of hydrogen-bond donors (Lipinski definition) is 0. The molecular formula is C78H130NO8P. The Kier molecular flexibility index (Phi) is 63.7. The lowest BCUT2D eigenvalue weighted by molar-refractivity contribution is -0.870. The molecular weight excluding hydrogens is 1110 g/mol. The largest absolute Gasteiger partial charge is 0.756 e. The van der Waals surface area contributed by atoms with Gasteiger partial charge in [-0.15, -0.1) is 0 Å². The summed E-state index contributed by atoms with van der Waals surface area (Å²) in [5, 5.41) is 0. The molecule has 0 aliphatic heterocycles. The van der Waals surface area contributed by atoms with Crippen LogP contribution < -0.4 is 4.89 Å². The van der Waals surface area contributed by atoms with Crippen molar-refractivity contribution in [2.75, 3.05) is 47.5 Å². The van der Waals surface area contributed by atoms with Crippen molar-refractivity contribution in [2.45, 2.75) is 277 Å². The molecule has 0 N–H and O–H groups in total. The average Bonchev–Trinajstić information content (AvgIpc) is 3.68. The molecule has 10 heteroatoms. The van der Waals surface area contributed by atoms with Gasteiger partial charge in [-0.05, 0) is 128 Å². The molecule has 0 aromatic heterocycles. The monoisotopic (exact) mass is 1240 g/mol. The molecule has 500 valence electrons. The molecule has 0 aliphatic carbocycles. The summed E-state index contributed by atoms with van der Waals surface area (Å²) >= 11 is 0. The van der Waals surface area contributed by atoms with Crippen LogP contribution in [0, 0.1) is 0 Å². The highest BCUT2D eigenvalue weighted by Crippen LogP contribution is 2.38. The number of unbranched alkanes of at least 4 members (excludes halogenated alkanes) is 23. The molecule has 0 aromatic carbocycles. The zero-order valence-corrected chi connectivity index (χ0v) is 57.8. The summed E-state index contributed by atoms with van der Waals surface area (Å²) in [7, 11) is 1.14. The molecule has 88 heavy (non-hydrogen) atoms. The van der Waals surface area contributed by atoms with E-state index in [9.17, 15) is 19.0 Å². The number of carbonyl (C=O) groups excluding carboxylic acids is 2. The molecule has 0 aromatic rings. The van der Waals surface area contributed by atoms with Crippen molar-refractivity contribution in [1.82, 2.24) is 0 Å². The van der Waals surface area contributed by atoms with E-state index in [0.29, 0.717) is 17.4 Å². The number of carbonyl (C=O) groups is 2. The first-order chi connectivity index (χ1) is 43.0. The first kappa shape index (κ1) is 83.6. The second-order valence-corrected chi connectivity index (χ2v) is 25.6. The minimum absolute atomic E-state index is 0.0427. The summed E-state index contributed by atoms with van der Waals surface area (Å²) in [6.07, 6.45) is 100. The van der Waals surface area contributed by atoms with Crippen LogP contribution >= 0.6 is 7.82 Å². The summed E-state index contributed by atoms with van der Waals surface area (Å²) < 4.78 is 34.3. The number of nitrogens with zero attached hydrogens (tertiary/aromatic N) is 1. The van der Waals surface area contributed by atoms with Crippen LogP contribution in [0.25, 0.3) is 0 Å². The molecule has 2 atom stereocenters. The van der Waals surface area contributed by atoms with Gasteiger partial charge in [0.2, 0.25) is 0 Å². The molecule has 0 heterocycles. The van der Waals surface area contributed by atoms with E-state index in [4.69, 9.17) is 18.5 Å². The van der Waals surface area contributed by atoms with Crippen molar-refractivity contribution < 1.29 is 42.1 Å². The molecule has 0 rings (SSSR count). The van der Waals surface area contributed by atoms with Gasteiger partial charge in [0, 0.05) is 12.8 Å². The molecule has 9 nitrogen and oxygen atoms in total. The Balaban J connectivity index is 4.17. The SMILES string of the molecule is CC/C=C\C/C=C\C/C=C\C/C=C\C/C=C\C/C=C\C/C=C\C/C=C\C/C=C\C/C=C\C/C=C\CCCCCCCC(=O)OC(COC(=O)CCCCCCCCCCCCCCC/C=C\C/C=C\CCCCCCC)COP(=O)([O-])OCC[N+](C)(C)C. The number of phosphoric acid groups is 1. The number of quaternary nitrogens is 1. The Morgan fingerprint density at radius 2 is 0.648 bits per heavy atom. The van der Waals surface area contributed by atoms with E-state index in [0.717, 1.165) is 128 Å². The first-order valence-corrected chi connectivity index (χ1v) is 36.7. The highest BCUT2D eigenvalue weighted by atomic mass is 31.2. The van der Waals surface area contributed by atoms with Gasteiger partial charge < -0.3 is 27.9 Å². The van der Waals surface area contributed by atoms with Gasteiger partial charge in [-0.3, -0.25) is 14.2 Å². The molecule has 0 fully saturated rings. The fourth-order valence-electron chi connectivity index (χ4n) is 9.16. The van der Waals surface area contributed by atoms with Crippen LogP contribution in [-0.4, -0.2) is 70.0 Å². The van der Waals surface area contributed by atoms with Gasteiger partial charge in [0.25, 0.3) is 7.82 Å². The third-order valence-corrected chi connectivity index (χ3v) is 15.5. The molecule has 0 saturated heterocycles. The Morgan fingerprint density at radius 3 is 0.966 bits per heavy atom. The molecule has 0 bridgehead atoms. The smallest absolute Gasteiger partial charge is 0.306 e. The number of allylic oxidation sites excluding steroid dienone is 26. The fourth-order valence-corrected chi connectivity index (χ4v) is 9.89. The van der Waals surface area contributed by atoms with Gasteiger partial charge in [0.1, 0.15) is 19.8 Å². The summed E-state index contributed by atoms with van der Waals surface area (Å²) in [4.78, 5) is 38.1. The highest BCUT2D eigenvalue weighted by Gasteiger charge is 2.22. The number of esters is 2. The Morgan fingerprint density at radius 1 is 0.364 bits per heavy atom. The lowest BCUT2D eigenvalue weighted by Crippen LogP contribution is -2.37. The first-order valence-electron chi connectivity index (χ1n) is 35.2. The third kappa shape index (κ3) is 70.7. The number of hydrogen-bond acceptors (Lipinski definition) is 8. The Bertz CT molecular complexity index is 2040. The summed E-state index contributed by atoms with van der Waals surface area (Å²) in [5.74, 6) is -0.862. The van der Waals surface area contributed by atoms with E-state index in [1.165, 1.54) is 109 Å². The van der Waals surface area contributed by atoms with Crippen molar-refractivity contribution in [3.05, 3.63) is 158 Å². The van der Waals surface area contributed by atoms with Gasteiger partial charge in [0.05, 0.1) is 27.7 Å². The average molecular weight is 1240 g/mol. The van der Waals surface area contributed by atoms with Crippen molar-refractivity contribution in [2.24, 2.45) is 0 Å². The maximum absolute atomic E-state index is 12.9. The van der Waals surface area contributed by atoms with Crippen LogP contribution in [-0.2, 0) is 32.7 Å². The lowest BCUT2D eigenvalue weighted by Gasteiger charge is -2.28. The second-order valence-electron chi connectivity index (χ2n) is 24.2. The normalized spacial score (nSPS) is 14.1. The second kappa shape index (κ2) is 67.0. The fraction of sp³-hybridized carbons (Fsp3) is 0.641. The Labute approximate surface area is 541 Å². The predicted molar refractivity (Wildman–Crippen MR) is 378 cm³/mol. The van der Waals surface area contributed by atoms with E-state index in [2.05, 4.69) is 172 Å². The summed E-state index contributed by atoms with van der Waals surface area (Å²) in [6, 6.07) is 0. The number of ether oxygens (including phenoxy) is 2. The minimum atomic E-state index is -4.66. The lowest BCUT2D eigenvalue weighted by atomic mass is 10.0. The molecule has 0 radical (unpaired) electrons. The van der Waals surface area contributed by atoms with Crippen LogP contribution in [0.15, 0.2) is 158 Å². The van der Waals surface area contributed by atoms with Crippen molar-refractivity contribution in [3.8, 4) is 0 Å². The quantitative estimate of drug-likeness (QED) is 0.0195. The number of rotatable bonds is 63. The van der Waals surface area contributed by atoms with E-state index >= 15 is 0 Å². The van der Waals surface area contributed by atoms with Crippen molar-refractivity contribution in [3.63, 3.8) is 0 Å². The summed E-state index contributed by atoms with van der Waals surface area (Å²) in [6.45, 7) is 4.09. The maximum Gasteiger partial charge on any atom is 0.306 e. The summed E-state index contributed by atoms with van der Waals surface area (Å²) in [5.41, 5.74) is 0. The van der Waals surface area contributed by atoms with Gasteiger partial charge >= 0.3 is 11.9 Å². The zero-order chi connectivity index (χ0) is 64.1. The highest BCUT2D eigenvalue weighted by molar-refractivity contribution is 7.45. The standard InChI is InChI=1S/C78H130NO8P/c1-6-8-10-12-14-16-18-20-22-24-26-28-30-32-33-34-35-36-37-38-39-40-41-42-43-44-45-47-49-51-53-55-57-59-61-63-65-67-69-71-78(81)87-76(75-86-88(82,83)85-73-72-79(3,4)5)74-84-77(80)70-68-66-64-62-60-58-56-54-52-50-48-46-31-29-27-25-23-21-19-17-15-13-11-9-7-2/h8,10,14,16,19-22,25-28,32-33,35-36,38-39,41-42,44-45,49,51,55,57,76H,6-7,9,11-13,15,17-18,23-24,29-31,34,37,40,43,46-48,50,52-54,56,58-75H2,1-5H3/b10-8-,16-14-,21-19-,22-20-,27-25-,28-26-,33-32-,36-35-,39-38-,42-41-,45-44-,51-49-,57-55-. The van der Waals surface area contributed by atoms with Crippen LogP contribution in [0.4, 0.5) is 0 Å². The predicted octanol–water partition coefficient (Wildman–Crippen LogP) is 22.5. The van der Waals surface area contributed by atoms with Gasteiger partial charge in [-0.25, -0.2) is 0 Å². The van der Waals surface area contributed by atoms with Crippen LogP contribution in [0.3, 0.4) is 0 Å². The van der Waals surface area contributed by atoms with Gasteiger partial charge in [0.15, 0.2) is 6.10 Å². The molecule has 0 amide bonds. The van der Waals surface area contributed by atoms with E-state index in [1.807, 2.05) is 21.1 Å². The van der Waals surface area contributed by atoms with Crippen LogP contribution in [0.2, 0.25) is 0 Å². The molecule has 0 spiro atoms. The minimum Gasteiger partial charge on any atom is -0.756 e.